The summed E-state index contributed by atoms with van der Waals surface area (Å²) in [6.07, 6.45) is 3.60. The van der Waals surface area contributed by atoms with Crippen LogP contribution in [0, 0.1) is 0 Å². The summed E-state index contributed by atoms with van der Waals surface area (Å²) < 4.78 is 35.7. The lowest BCUT2D eigenvalue weighted by molar-refractivity contribution is -0.114. The van der Waals surface area contributed by atoms with Crippen molar-refractivity contribution in [2.45, 2.75) is 18.7 Å². The molecule has 0 bridgehead atoms. The van der Waals surface area contributed by atoms with Crippen LogP contribution in [0.2, 0.25) is 0 Å². The van der Waals surface area contributed by atoms with Crippen LogP contribution in [0.15, 0.2) is 131 Å². The van der Waals surface area contributed by atoms with Crippen LogP contribution in [0.25, 0.3) is 23.0 Å². The summed E-state index contributed by atoms with van der Waals surface area (Å²) in [5.41, 5.74) is 4.60. The number of aromatic nitrogens is 2. The van der Waals surface area contributed by atoms with Gasteiger partial charge in [-0.05, 0) is 54.6 Å². The molecule has 232 valence electrons. The average Bonchev–Trinajstić information content (AvgIpc) is 3.67. The number of hydrazone groups is 1. The van der Waals surface area contributed by atoms with Gasteiger partial charge in [0.2, 0.25) is 10.0 Å². The number of para-hydroxylation sites is 3. The van der Waals surface area contributed by atoms with Crippen molar-refractivity contribution in [1.29, 1.82) is 0 Å². The number of carbonyl (C=O) groups excluding carboxylic acids is 1. The van der Waals surface area contributed by atoms with Crippen molar-refractivity contribution in [2.24, 2.45) is 5.10 Å². The highest BCUT2D eigenvalue weighted by atomic mass is 32.2. The molecule has 1 aliphatic heterocycles. The summed E-state index contributed by atoms with van der Waals surface area (Å²) in [5, 5.41) is 11.1. The van der Waals surface area contributed by atoms with Crippen molar-refractivity contribution in [3.05, 3.63) is 132 Å². The van der Waals surface area contributed by atoms with Gasteiger partial charge in [0.1, 0.15) is 17.2 Å². The van der Waals surface area contributed by atoms with E-state index in [1.165, 1.54) is 9.31 Å². The zero-order chi connectivity index (χ0) is 32.3. The van der Waals surface area contributed by atoms with Crippen LogP contribution in [0.1, 0.15) is 25.0 Å². The van der Waals surface area contributed by atoms with Crippen molar-refractivity contribution in [3.8, 4) is 22.7 Å². The van der Waals surface area contributed by atoms with E-state index >= 15 is 0 Å². The molecule has 0 unspecified atom stereocenters. The van der Waals surface area contributed by atoms with E-state index in [2.05, 4.69) is 0 Å². The Kier molecular flexibility index (Phi) is 8.65. The molecule has 0 spiro atoms. The fourth-order valence-corrected chi connectivity index (χ4v) is 6.93. The first-order chi connectivity index (χ1) is 22.3. The molecular weight excluding hydrogens is 598 g/mol. The van der Waals surface area contributed by atoms with E-state index in [9.17, 15) is 13.2 Å². The second-order valence-corrected chi connectivity index (χ2v) is 12.4. The second-order valence-electron chi connectivity index (χ2n) is 10.5. The number of hydrogen-bond acceptors (Lipinski definition) is 6. The largest absolute Gasteiger partial charge is 0.496 e. The zero-order valence-electron chi connectivity index (χ0n) is 25.7. The zero-order valence-corrected chi connectivity index (χ0v) is 26.6. The molecule has 10 heteroatoms. The maximum absolute atomic E-state index is 14.1. The molecule has 1 amide bonds. The Balaban J connectivity index is 1.55. The van der Waals surface area contributed by atoms with E-state index in [1.807, 2.05) is 111 Å². The highest BCUT2D eigenvalue weighted by Crippen LogP contribution is 2.34. The number of benzene rings is 4. The van der Waals surface area contributed by atoms with E-state index in [4.69, 9.17) is 14.9 Å². The minimum atomic E-state index is -3.72. The van der Waals surface area contributed by atoms with Gasteiger partial charge in [0.15, 0.2) is 0 Å². The standard InChI is InChI=1S/C36H33N5O4S/c1-4-39(5-2)46(43,44)30-20-14-15-26(23-30)34-27(25-40(37-34)28-16-8-6-9-17-28)24-32-35(31-21-12-13-22-33(31)45-3)38-41(36(32)42)29-18-10-7-11-19-29/h6-25H,4-5H2,1-3H3/b32-24-. The number of ether oxygens (including phenoxy) is 1. The highest BCUT2D eigenvalue weighted by molar-refractivity contribution is 7.89. The van der Waals surface area contributed by atoms with Gasteiger partial charge < -0.3 is 4.74 Å². The van der Waals surface area contributed by atoms with Gasteiger partial charge in [-0.15, -0.1) is 0 Å². The highest BCUT2D eigenvalue weighted by Gasteiger charge is 2.34. The number of carbonyl (C=O) groups is 1. The first-order valence-electron chi connectivity index (χ1n) is 14.9. The number of methoxy groups -OCH3 is 1. The lowest BCUT2D eigenvalue weighted by atomic mass is 9.98. The minimum Gasteiger partial charge on any atom is -0.496 e. The molecule has 0 fully saturated rings. The smallest absolute Gasteiger partial charge is 0.281 e. The summed E-state index contributed by atoms with van der Waals surface area (Å²) in [6, 6.07) is 33.0. The Hall–Kier alpha value is -5.32. The number of nitrogens with zero attached hydrogens (tertiary/aromatic N) is 5. The second kappa shape index (κ2) is 13.0. The first-order valence-corrected chi connectivity index (χ1v) is 16.4. The maximum atomic E-state index is 14.1. The quantitative estimate of drug-likeness (QED) is 0.166. The van der Waals surface area contributed by atoms with Gasteiger partial charge in [-0.25, -0.2) is 13.1 Å². The first kappa shape index (κ1) is 30.7. The Bertz CT molecular complexity index is 2050. The molecule has 0 saturated carbocycles. The Morgan fingerprint density at radius 1 is 0.826 bits per heavy atom. The number of anilines is 1. The van der Waals surface area contributed by atoms with Crippen LogP contribution < -0.4 is 9.75 Å². The van der Waals surface area contributed by atoms with E-state index in [1.54, 1.807) is 36.1 Å². The molecule has 0 N–H and O–H groups in total. The van der Waals surface area contributed by atoms with E-state index in [0.717, 1.165) is 5.69 Å². The van der Waals surface area contributed by atoms with E-state index < -0.39 is 10.0 Å². The van der Waals surface area contributed by atoms with Crippen molar-refractivity contribution >= 4 is 33.4 Å². The third-order valence-corrected chi connectivity index (χ3v) is 9.80. The van der Waals surface area contributed by atoms with Crippen LogP contribution in [0.5, 0.6) is 5.75 Å². The Labute approximate surface area is 268 Å². The van der Waals surface area contributed by atoms with Crippen LogP contribution in [-0.4, -0.2) is 54.3 Å². The third-order valence-electron chi connectivity index (χ3n) is 7.75. The molecule has 1 aromatic heterocycles. The fraction of sp³-hybridized carbons (Fsp3) is 0.139. The van der Waals surface area contributed by atoms with Crippen molar-refractivity contribution in [2.75, 3.05) is 25.2 Å². The molecule has 0 radical (unpaired) electrons. The number of rotatable bonds is 10. The number of amides is 1. The fourth-order valence-electron chi connectivity index (χ4n) is 5.43. The predicted molar refractivity (Wildman–Crippen MR) is 181 cm³/mol. The molecule has 6 rings (SSSR count). The lowest BCUT2D eigenvalue weighted by Crippen LogP contribution is -2.30. The van der Waals surface area contributed by atoms with Crippen molar-refractivity contribution < 1.29 is 17.9 Å². The van der Waals surface area contributed by atoms with Crippen LogP contribution in [0.4, 0.5) is 5.69 Å². The summed E-state index contributed by atoms with van der Waals surface area (Å²) in [4.78, 5) is 14.3. The molecule has 0 saturated heterocycles. The third kappa shape index (κ3) is 5.76. The van der Waals surface area contributed by atoms with Crippen LogP contribution >= 0.6 is 0 Å². The monoisotopic (exact) mass is 631 g/mol. The minimum absolute atomic E-state index is 0.171. The van der Waals surface area contributed by atoms with Gasteiger partial charge in [-0.2, -0.15) is 19.5 Å². The summed E-state index contributed by atoms with van der Waals surface area (Å²) in [7, 11) is -2.14. The number of sulfonamides is 1. The molecule has 4 aromatic carbocycles. The Morgan fingerprint density at radius 3 is 2.15 bits per heavy atom. The molecule has 2 heterocycles. The van der Waals surface area contributed by atoms with Crippen LogP contribution in [0.3, 0.4) is 0 Å². The normalized spacial score (nSPS) is 14.3. The summed E-state index contributed by atoms with van der Waals surface area (Å²) in [5.74, 6) is 0.257. The summed E-state index contributed by atoms with van der Waals surface area (Å²) in [6.45, 7) is 4.34. The van der Waals surface area contributed by atoms with Gasteiger partial charge in [-0.3, -0.25) is 4.79 Å². The Morgan fingerprint density at radius 2 is 1.48 bits per heavy atom. The molecule has 1 aliphatic rings. The maximum Gasteiger partial charge on any atom is 0.281 e. The molecule has 46 heavy (non-hydrogen) atoms. The van der Waals surface area contributed by atoms with Crippen molar-refractivity contribution in [3.63, 3.8) is 0 Å². The van der Waals surface area contributed by atoms with Gasteiger partial charge in [-0.1, -0.05) is 74.5 Å². The van der Waals surface area contributed by atoms with E-state index in [0.29, 0.717) is 58.2 Å². The topological polar surface area (TPSA) is 97.1 Å². The van der Waals surface area contributed by atoms with Gasteiger partial charge in [0.25, 0.3) is 5.91 Å². The molecule has 0 atom stereocenters. The average molecular weight is 632 g/mol. The van der Waals surface area contributed by atoms with Crippen LogP contribution in [-0.2, 0) is 14.8 Å². The van der Waals surface area contributed by atoms with Gasteiger partial charge in [0, 0.05) is 36.0 Å². The SMILES string of the molecule is CCN(CC)S(=O)(=O)c1cccc(-c2nn(-c3ccccc3)cc2/C=C2\C(=O)N(c3ccccc3)N=C2c2ccccc2OC)c1. The predicted octanol–water partition coefficient (Wildman–Crippen LogP) is 6.41. The van der Waals surface area contributed by atoms with E-state index in [-0.39, 0.29) is 10.8 Å². The molecular formula is C36H33N5O4S. The summed E-state index contributed by atoms with van der Waals surface area (Å²) >= 11 is 0. The molecule has 5 aromatic rings. The van der Waals surface area contributed by atoms with Gasteiger partial charge in [0.05, 0.1) is 29.0 Å². The lowest BCUT2D eigenvalue weighted by Gasteiger charge is -2.18. The van der Waals surface area contributed by atoms with Gasteiger partial charge >= 0.3 is 0 Å². The van der Waals surface area contributed by atoms with Crippen molar-refractivity contribution in [1.82, 2.24) is 14.1 Å². The molecule has 0 aliphatic carbocycles. The number of hydrogen-bond donors (Lipinski definition) is 0. The molecule has 9 nitrogen and oxygen atoms in total.